The number of amides is 1. The van der Waals surface area contributed by atoms with Crippen molar-refractivity contribution in [3.05, 3.63) is 24.3 Å². The molecule has 0 bridgehead atoms. The van der Waals surface area contributed by atoms with Crippen LogP contribution in [0.5, 0.6) is 5.75 Å². The summed E-state index contributed by atoms with van der Waals surface area (Å²) < 4.78 is 9.58. The smallest absolute Gasteiger partial charge is 0.343 e. The third-order valence-corrected chi connectivity index (χ3v) is 3.57. The maximum Gasteiger partial charge on any atom is 0.343 e. The number of benzene rings is 1. The highest BCUT2D eigenvalue weighted by Crippen LogP contribution is 2.17. The second-order valence-electron chi connectivity index (χ2n) is 6.05. The lowest BCUT2D eigenvalue weighted by molar-refractivity contribution is -0.166. The minimum atomic E-state index is -2.16. The van der Waals surface area contributed by atoms with Crippen LogP contribution in [-0.2, 0) is 19.1 Å². The van der Waals surface area contributed by atoms with Gasteiger partial charge in [0.25, 0.3) is 0 Å². The molecule has 0 aliphatic rings. The van der Waals surface area contributed by atoms with Crippen molar-refractivity contribution in [3.63, 3.8) is 0 Å². The second-order valence-corrected chi connectivity index (χ2v) is 6.05. The number of ether oxygens (including phenoxy) is 2. The van der Waals surface area contributed by atoms with Crippen molar-refractivity contribution < 1.29 is 44.3 Å². The molecule has 0 aliphatic heterocycles. The Morgan fingerprint density at radius 1 is 1.04 bits per heavy atom. The van der Waals surface area contributed by atoms with E-state index in [1.165, 1.54) is 31.2 Å². The Hall–Kier alpha value is -2.53. The maximum absolute atomic E-state index is 11.9. The topological polar surface area (TPSA) is 163 Å². The molecule has 4 atom stereocenters. The first-order chi connectivity index (χ1) is 13.1. The average Bonchev–Trinajstić information content (AvgIpc) is 2.65. The van der Waals surface area contributed by atoms with E-state index in [0.717, 1.165) is 0 Å². The number of hydrogen-bond acceptors (Lipinski definition) is 9. The van der Waals surface area contributed by atoms with Gasteiger partial charge in [-0.05, 0) is 30.7 Å². The predicted molar refractivity (Wildman–Crippen MR) is 96.3 cm³/mol. The lowest BCUT2D eigenvalue weighted by Gasteiger charge is -2.25. The molecule has 0 unspecified atom stereocenters. The molecule has 1 amide bonds. The summed E-state index contributed by atoms with van der Waals surface area (Å²) in [6.07, 6.45) is -7.25. The lowest BCUT2D eigenvalue weighted by Crippen LogP contribution is -2.50. The summed E-state index contributed by atoms with van der Waals surface area (Å²) in [6, 6.07) is 5.60. The van der Waals surface area contributed by atoms with Crippen molar-refractivity contribution in [1.29, 1.82) is 0 Å². The van der Waals surface area contributed by atoms with Gasteiger partial charge in [-0.25, -0.2) is 4.79 Å². The molecule has 1 aromatic rings. The zero-order chi connectivity index (χ0) is 21.3. The molecule has 5 N–H and O–H groups in total. The largest absolute Gasteiger partial charge is 0.463 e. The number of carbonyl (C=O) groups excluding carboxylic acids is 3. The van der Waals surface area contributed by atoms with E-state index in [4.69, 9.17) is 9.47 Å². The summed E-state index contributed by atoms with van der Waals surface area (Å²) >= 11 is 0. The maximum atomic E-state index is 11.9. The SMILES string of the molecule is CCCC(=O)OC[C@@H](O)[C@@H](O)[C@H](O)[C@H](O)C(=O)Oc1ccc(NC(C)=O)cc1. The van der Waals surface area contributed by atoms with Gasteiger partial charge < -0.3 is 35.2 Å². The summed E-state index contributed by atoms with van der Waals surface area (Å²) in [6.45, 7) is 2.48. The van der Waals surface area contributed by atoms with Crippen LogP contribution in [0.3, 0.4) is 0 Å². The van der Waals surface area contributed by atoms with Gasteiger partial charge in [-0.2, -0.15) is 0 Å². The molecule has 10 nitrogen and oxygen atoms in total. The third kappa shape index (κ3) is 7.61. The Morgan fingerprint density at radius 3 is 2.18 bits per heavy atom. The van der Waals surface area contributed by atoms with Gasteiger partial charge in [0, 0.05) is 19.0 Å². The molecular formula is C18H25NO9. The van der Waals surface area contributed by atoms with Gasteiger partial charge in [0.15, 0.2) is 6.10 Å². The van der Waals surface area contributed by atoms with Gasteiger partial charge in [-0.1, -0.05) is 6.92 Å². The van der Waals surface area contributed by atoms with E-state index >= 15 is 0 Å². The number of carbonyl (C=O) groups is 3. The number of anilines is 1. The van der Waals surface area contributed by atoms with Crippen LogP contribution in [0.2, 0.25) is 0 Å². The average molecular weight is 399 g/mol. The normalized spacial score (nSPS) is 15.1. The van der Waals surface area contributed by atoms with Gasteiger partial charge in [-0.3, -0.25) is 9.59 Å². The van der Waals surface area contributed by atoms with Crippen LogP contribution in [0.4, 0.5) is 5.69 Å². The Labute approximate surface area is 161 Å². The van der Waals surface area contributed by atoms with Gasteiger partial charge in [0.1, 0.15) is 30.7 Å². The molecule has 0 saturated heterocycles. The summed E-state index contributed by atoms with van der Waals surface area (Å²) in [5, 5.41) is 41.8. The minimum absolute atomic E-state index is 0.0221. The van der Waals surface area contributed by atoms with Crippen LogP contribution < -0.4 is 10.1 Å². The first-order valence-electron chi connectivity index (χ1n) is 8.63. The van der Waals surface area contributed by atoms with Crippen LogP contribution >= 0.6 is 0 Å². The van der Waals surface area contributed by atoms with E-state index < -0.39 is 43.0 Å². The van der Waals surface area contributed by atoms with Crippen molar-refractivity contribution >= 4 is 23.5 Å². The van der Waals surface area contributed by atoms with Crippen LogP contribution in [-0.4, -0.2) is 69.3 Å². The van der Waals surface area contributed by atoms with Crippen molar-refractivity contribution in [2.24, 2.45) is 0 Å². The van der Waals surface area contributed by atoms with Gasteiger partial charge >= 0.3 is 11.9 Å². The first-order valence-corrected chi connectivity index (χ1v) is 8.63. The molecule has 0 fully saturated rings. The summed E-state index contributed by atoms with van der Waals surface area (Å²) in [4.78, 5) is 34.1. The number of aliphatic hydroxyl groups is 4. The van der Waals surface area contributed by atoms with Gasteiger partial charge in [0.2, 0.25) is 5.91 Å². The molecule has 0 saturated carbocycles. The Kier molecular flexibility index (Phi) is 9.52. The molecule has 0 aliphatic carbocycles. The molecule has 0 heterocycles. The van der Waals surface area contributed by atoms with E-state index in [-0.39, 0.29) is 18.1 Å². The Bertz CT molecular complexity index is 662. The van der Waals surface area contributed by atoms with Crippen molar-refractivity contribution in [2.45, 2.75) is 51.1 Å². The highest BCUT2D eigenvalue weighted by atomic mass is 16.6. The Balaban J connectivity index is 2.58. The second kappa shape index (κ2) is 11.3. The third-order valence-electron chi connectivity index (χ3n) is 3.57. The number of nitrogens with one attached hydrogen (secondary N) is 1. The Morgan fingerprint density at radius 2 is 1.64 bits per heavy atom. The van der Waals surface area contributed by atoms with Gasteiger partial charge in [-0.15, -0.1) is 0 Å². The van der Waals surface area contributed by atoms with Crippen molar-refractivity contribution in [1.82, 2.24) is 0 Å². The van der Waals surface area contributed by atoms with Crippen LogP contribution in [0.25, 0.3) is 0 Å². The van der Waals surface area contributed by atoms with E-state index in [9.17, 15) is 34.8 Å². The fourth-order valence-electron chi connectivity index (χ4n) is 2.09. The monoisotopic (exact) mass is 399 g/mol. The van der Waals surface area contributed by atoms with E-state index in [0.29, 0.717) is 12.1 Å². The van der Waals surface area contributed by atoms with E-state index in [1.54, 1.807) is 6.92 Å². The summed E-state index contributed by atoms with van der Waals surface area (Å²) in [7, 11) is 0. The van der Waals surface area contributed by atoms with Gasteiger partial charge in [0.05, 0.1) is 0 Å². The van der Waals surface area contributed by atoms with Crippen LogP contribution in [0.1, 0.15) is 26.7 Å². The zero-order valence-corrected chi connectivity index (χ0v) is 15.6. The van der Waals surface area contributed by atoms with Crippen molar-refractivity contribution in [2.75, 3.05) is 11.9 Å². The predicted octanol–water partition coefficient (Wildman–Crippen LogP) is -0.663. The number of hydrogen-bond donors (Lipinski definition) is 5. The zero-order valence-electron chi connectivity index (χ0n) is 15.6. The highest BCUT2D eigenvalue weighted by Gasteiger charge is 2.36. The summed E-state index contributed by atoms with van der Waals surface area (Å²) in [5.41, 5.74) is 0.462. The number of esters is 2. The fraction of sp³-hybridized carbons (Fsp3) is 0.500. The van der Waals surface area contributed by atoms with Crippen LogP contribution in [0, 0.1) is 0 Å². The quantitative estimate of drug-likeness (QED) is 0.254. The fourth-order valence-corrected chi connectivity index (χ4v) is 2.09. The number of rotatable bonds is 10. The first kappa shape index (κ1) is 23.5. The molecule has 0 spiro atoms. The van der Waals surface area contributed by atoms with Crippen molar-refractivity contribution in [3.8, 4) is 5.75 Å². The molecule has 0 radical (unpaired) electrons. The lowest BCUT2D eigenvalue weighted by atomic mass is 10.0. The molecular weight excluding hydrogens is 374 g/mol. The van der Waals surface area contributed by atoms with Crippen LogP contribution in [0.15, 0.2) is 24.3 Å². The molecule has 10 heteroatoms. The molecule has 156 valence electrons. The standard InChI is InChI=1S/C18H25NO9/c1-3-4-14(22)27-9-13(21)15(23)16(24)17(25)18(26)28-12-7-5-11(6-8-12)19-10(2)20/h5-8,13,15-17,21,23-25H,3-4,9H2,1-2H3,(H,19,20)/t13-,15-,16+,17+/m1/s1. The molecule has 1 aromatic carbocycles. The molecule has 28 heavy (non-hydrogen) atoms. The number of aliphatic hydroxyl groups excluding tert-OH is 4. The minimum Gasteiger partial charge on any atom is -0.463 e. The van der Waals surface area contributed by atoms with E-state index in [2.05, 4.69) is 5.32 Å². The summed E-state index contributed by atoms with van der Waals surface area (Å²) in [5.74, 6) is -2.12. The van der Waals surface area contributed by atoms with E-state index in [1.807, 2.05) is 0 Å². The molecule has 1 rings (SSSR count). The highest BCUT2D eigenvalue weighted by molar-refractivity contribution is 5.88. The molecule has 0 aromatic heterocycles.